The van der Waals surface area contributed by atoms with Gasteiger partial charge in [0.2, 0.25) is 0 Å². The van der Waals surface area contributed by atoms with Gasteiger partial charge in [0.05, 0.1) is 5.69 Å². The highest BCUT2D eigenvalue weighted by Gasteiger charge is 2.26. The van der Waals surface area contributed by atoms with Gasteiger partial charge in [0.15, 0.2) is 5.82 Å². The molecule has 0 aliphatic carbocycles. The number of aliphatic imine (C=N–C) groups is 1. The van der Waals surface area contributed by atoms with Crippen molar-refractivity contribution in [3.8, 4) is 0 Å². The minimum absolute atomic E-state index is 0.289. The first-order valence-electron chi connectivity index (χ1n) is 11.1. The summed E-state index contributed by atoms with van der Waals surface area (Å²) in [5.74, 6) is 0.985. The van der Waals surface area contributed by atoms with E-state index in [0.717, 1.165) is 29.5 Å². The number of nitrogens with one attached hydrogen (secondary N) is 1. The lowest BCUT2D eigenvalue weighted by molar-refractivity contribution is 0.301. The summed E-state index contributed by atoms with van der Waals surface area (Å²) in [6.45, 7) is 8.68. The number of fused-ring (bicyclic) bond motifs is 1. The van der Waals surface area contributed by atoms with E-state index in [1.165, 1.54) is 37.8 Å². The fourth-order valence-corrected chi connectivity index (χ4v) is 4.05. The average Bonchev–Trinajstić information content (AvgIpc) is 3.13. The predicted octanol–water partition coefficient (Wildman–Crippen LogP) is 5.16. The second kappa shape index (κ2) is 10.0. The van der Waals surface area contributed by atoms with Gasteiger partial charge in [-0.15, -0.1) is 0 Å². The van der Waals surface area contributed by atoms with Crippen LogP contribution in [-0.2, 0) is 0 Å². The maximum atomic E-state index is 6.27. The van der Waals surface area contributed by atoms with Crippen molar-refractivity contribution in [3.05, 3.63) is 29.9 Å². The number of piperidine rings is 1. The Hall–Kier alpha value is -2.21. The molecule has 2 aromatic heterocycles. The highest BCUT2D eigenvalue weighted by molar-refractivity contribution is 5.85. The molecule has 3 atom stereocenters. The van der Waals surface area contributed by atoms with E-state index in [-0.39, 0.29) is 6.04 Å². The zero-order chi connectivity index (χ0) is 20.8. The molecule has 29 heavy (non-hydrogen) atoms. The van der Waals surface area contributed by atoms with Crippen LogP contribution in [0, 0.1) is 5.92 Å². The van der Waals surface area contributed by atoms with Gasteiger partial charge in [-0.05, 0) is 56.6 Å². The molecule has 1 aliphatic rings. The van der Waals surface area contributed by atoms with Gasteiger partial charge in [-0.2, -0.15) is 5.10 Å². The molecule has 3 N–H and O–H groups in total. The Bertz CT molecular complexity index is 866. The molecule has 0 radical (unpaired) electrons. The summed E-state index contributed by atoms with van der Waals surface area (Å²) in [5, 5.41) is 8.41. The number of hydrogen-bond acceptors (Lipinski definition) is 5. The zero-order valence-electron chi connectivity index (χ0n) is 18.4. The Labute approximate surface area is 174 Å². The summed E-state index contributed by atoms with van der Waals surface area (Å²) in [5.41, 5.74) is 10.5. The molecule has 6 heteroatoms. The van der Waals surface area contributed by atoms with Gasteiger partial charge in [-0.3, -0.25) is 4.99 Å². The molecule has 0 saturated carbocycles. The summed E-state index contributed by atoms with van der Waals surface area (Å²) in [4.78, 5) is 8.77. The Morgan fingerprint density at radius 1 is 1.41 bits per heavy atom. The quantitative estimate of drug-likeness (QED) is 0.604. The van der Waals surface area contributed by atoms with Gasteiger partial charge in [-0.25, -0.2) is 9.50 Å². The molecule has 0 amide bonds. The van der Waals surface area contributed by atoms with Crippen LogP contribution in [0.3, 0.4) is 0 Å². The van der Waals surface area contributed by atoms with E-state index < -0.39 is 0 Å². The third-order valence-corrected chi connectivity index (χ3v) is 6.03. The lowest BCUT2D eigenvalue weighted by Crippen LogP contribution is -2.37. The third-order valence-electron chi connectivity index (χ3n) is 6.03. The number of nitrogen functional groups attached to an aromatic ring is 1. The smallest absolute Gasteiger partial charge is 0.151 e. The van der Waals surface area contributed by atoms with Gasteiger partial charge >= 0.3 is 0 Å². The van der Waals surface area contributed by atoms with E-state index in [9.17, 15) is 0 Å². The molecule has 2 aromatic rings. The molecule has 0 bridgehead atoms. The SMILES string of the molecule is CCCCC1CCCC(c2cc(/C(C)=C/N=C\C(C)CC)c3c(N)ncnn23)N1. The normalized spacial score (nSPS) is 21.9. The molecule has 1 fully saturated rings. The van der Waals surface area contributed by atoms with Crippen LogP contribution in [0.15, 0.2) is 23.6 Å². The number of nitrogens with two attached hydrogens (primary N) is 1. The van der Waals surface area contributed by atoms with Crippen molar-refractivity contribution < 1.29 is 0 Å². The lowest BCUT2D eigenvalue weighted by Gasteiger charge is -2.31. The van der Waals surface area contributed by atoms with Crippen molar-refractivity contribution >= 4 is 23.1 Å². The van der Waals surface area contributed by atoms with Gasteiger partial charge < -0.3 is 11.1 Å². The van der Waals surface area contributed by atoms with E-state index in [2.05, 4.69) is 54.2 Å². The average molecular weight is 397 g/mol. The fourth-order valence-electron chi connectivity index (χ4n) is 4.05. The van der Waals surface area contributed by atoms with Gasteiger partial charge in [0, 0.05) is 30.1 Å². The third kappa shape index (κ3) is 5.04. The van der Waals surface area contributed by atoms with Crippen LogP contribution in [0.5, 0.6) is 0 Å². The van der Waals surface area contributed by atoms with E-state index >= 15 is 0 Å². The van der Waals surface area contributed by atoms with Crippen molar-refractivity contribution in [2.45, 2.75) is 84.7 Å². The Morgan fingerprint density at radius 3 is 3.00 bits per heavy atom. The van der Waals surface area contributed by atoms with E-state index in [1.54, 1.807) is 6.33 Å². The Kier molecular flexibility index (Phi) is 7.42. The number of anilines is 1. The van der Waals surface area contributed by atoms with Crippen molar-refractivity contribution in [2.75, 3.05) is 5.73 Å². The first kappa shape index (κ1) is 21.5. The zero-order valence-corrected chi connectivity index (χ0v) is 18.4. The first-order valence-corrected chi connectivity index (χ1v) is 11.1. The summed E-state index contributed by atoms with van der Waals surface area (Å²) in [6, 6.07) is 3.10. The molecular formula is C23H36N6. The predicted molar refractivity (Wildman–Crippen MR) is 122 cm³/mol. The summed E-state index contributed by atoms with van der Waals surface area (Å²) in [7, 11) is 0. The van der Waals surface area contributed by atoms with Crippen LogP contribution >= 0.6 is 0 Å². The molecule has 3 rings (SSSR count). The van der Waals surface area contributed by atoms with Crippen LogP contribution in [0.2, 0.25) is 0 Å². The van der Waals surface area contributed by atoms with Crippen LogP contribution in [0.25, 0.3) is 11.1 Å². The van der Waals surface area contributed by atoms with Crippen LogP contribution in [0.4, 0.5) is 5.82 Å². The van der Waals surface area contributed by atoms with E-state index in [1.807, 2.05) is 16.9 Å². The van der Waals surface area contributed by atoms with Gasteiger partial charge in [0.25, 0.3) is 0 Å². The second-order valence-electron chi connectivity index (χ2n) is 8.37. The maximum absolute atomic E-state index is 6.27. The minimum Gasteiger partial charge on any atom is -0.382 e. The number of aromatic nitrogens is 3. The fraction of sp³-hybridized carbons (Fsp3) is 0.609. The lowest BCUT2D eigenvalue weighted by atomic mass is 9.93. The molecule has 1 aliphatic heterocycles. The Balaban J connectivity index is 1.94. The number of allylic oxidation sites excluding steroid dienone is 1. The highest BCUT2D eigenvalue weighted by Crippen LogP contribution is 2.33. The maximum Gasteiger partial charge on any atom is 0.151 e. The largest absolute Gasteiger partial charge is 0.382 e. The molecular weight excluding hydrogens is 360 g/mol. The van der Waals surface area contributed by atoms with Crippen molar-refractivity contribution in [1.29, 1.82) is 0 Å². The van der Waals surface area contributed by atoms with Gasteiger partial charge in [-0.1, -0.05) is 33.6 Å². The Morgan fingerprint density at radius 2 is 2.24 bits per heavy atom. The second-order valence-corrected chi connectivity index (χ2v) is 8.37. The molecule has 6 nitrogen and oxygen atoms in total. The molecule has 0 spiro atoms. The monoisotopic (exact) mass is 396 g/mol. The number of rotatable bonds is 8. The molecule has 3 heterocycles. The van der Waals surface area contributed by atoms with E-state index in [0.29, 0.717) is 17.8 Å². The van der Waals surface area contributed by atoms with Crippen LogP contribution < -0.4 is 11.1 Å². The molecule has 1 saturated heterocycles. The molecule has 0 aromatic carbocycles. The van der Waals surface area contributed by atoms with E-state index in [4.69, 9.17) is 5.73 Å². The van der Waals surface area contributed by atoms with Crippen molar-refractivity contribution in [3.63, 3.8) is 0 Å². The van der Waals surface area contributed by atoms with Gasteiger partial charge in [0.1, 0.15) is 11.8 Å². The van der Waals surface area contributed by atoms with Crippen molar-refractivity contribution in [1.82, 2.24) is 19.9 Å². The minimum atomic E-state index is 0.289. The molecule has 158 valence electrons. The summed E-state index contributed by atoms with van der Waals surface area (Å²) in [6.07, 6.45) is 13.9. The van der Waals surface area contributed by atoms with Crippen LogP contribution in [0.1, 0.15) is 89.9 Å². The highest BCUT2D eigenvalue weighted by atomic mass is 15.3. The number of nitrogens with zero attached hydrogens (tertiary/aromatic N) is 4. The topological polar surface area (TPSA) is 80.6 Å². The van der Waals surface area contributed by atoms with Crippen LogP contribution in [-0.4, -0.2) is 26.9 Å². The molecule has 3 unspecified atom stereocenters. The number of hydrogen-bond donors (Lipinski definition) is 2. The first-order chi connectivity index (χ1) is 14.0. The summed E-state index contributed by atoms with van der Waals surface area (Å²) >= 11 is 0. The number of unbranched alkanes of at least 4 members (excludes halogenated alkanes) is 1. The standard InChI is InChI=1S/C23H36N6/c1-5-7-9-18-10-8-11-20(28-18)21-12-19(17(4)14-25-13-16(3)6-2)22-23(24)26-15-27-29(21)22/h12-16,18,20,28H,5-11H2,1-4H3,(H2,24,26,27)/b17-14+,25-13-. The van der Waals surface area contributed by atoms with Crippen molar-refractivity contribution in [2.24, 2.45) is 10.9 Å². The summed E-state index contributed by atoms with van der Waals surface area (Å²) < 4.78 is 1.98.